The zero-order chi connectivity index (χ0) is 18.7. The summed E-state index contributed by atoms with van der Waals surface area (Å²) in [5.74, 6) is -4.65. The highest BCUT2D eigenvalue weighted by atomic mass is 16.4. The number of aliphatic carboxylic acids is 3. The minimum Gasteiger partial charge on any atom is -0.478 e. The average molecular weight is 343 g/mol. The highest BCUT2D eigenvalue weighted by Gasteiger charge is 2.37. The summed E-state index contributed by atoms with van der Waals surface area (Å²) in [7, 11) is 0. The van der Waals surface area contributed by atoms with Crippen molar-refractivity contribution in [3.8, 4) is 0 Å². The highest BCUT2D eigenvalue weighted by molar-refractivity contribution is 5.99. The van der Waals surface area contributed by atoms with Gasteiger partial charge in [0.2, 0.25) is 0 Å². The molecule has 0 saturated heterocycles. The van der Waals surface area contributed by atoms with Crippen LogP contribution in [0.2, 0.25) is 0 Å². The Labute approximate surface area is 143 Å². The van der Waals surface area contributed by atoms with E-state index in [9.17, 15) is 24.6 Å². The predicted octanol–water partition coefficient (Wildman–Crippen LogP) is 2.19. The van der Waals surface area contributed by atoms with Gasteiger partial charge in [-0.25, -0.2) is 14.4 Å². The molecule has 1 aromatic rings. The first-order valence-corrected chi connectivity index (χ1v) is 7.39. The van der Waals surface area contributed by atoms with Gasteiger partial charge in [0.05, 0.1) is 17.1 Å². The number of rotatable bonds is 5. The molecule has 7 nitrogen and oxygen atoms in total. The van der Waals surface area contributed by atoms with Gasteiger partial charge in [-0.15, -0.1) is 0 Å². The van der Waals surface area contributed by atoms with Gasteiger partial charge in [-0.05, 0) is 31.1 Å². The van der Waals surface area contributed by atoms with Crippen LogP contribution < -0.4 is 5.32 Å². The molecule has 0 bridgehead atoms. The van der Waals surface area contributed by atoms with Gasteiger partial charge >= 0.3 is 17.9 Å². The van der Waals surface area contributed by atoms with Gasteiger partial charge in [0, 0.05) is 17.5 Å². The van der Waals surface area contributed by atoms with Crippen molar-refractivity contribution in [3.63, 3.8) is 0 Å². The number of nitrogens with one attached hydrogen (secondary N) is 1. The molecule has 0 spiro atoms. The lowest BCUT2D eigenvalue weighted by Gasteiger charge is -2.29. The van der Waals surface area contributed by atoms with Crippen LogP contribution in [0.3, 0.4) is 0 Å². The van der Waals surface area contributed by atoms with Crippen molar-refractivity contribution in [1.29, 1.82) is 0 Å². The molecule has 0 aromatic heterocycles. The van der Waals surface area contributed by atoms with E-state index in [2.05, 4.69) is 5.32 Å². The lowest BCUT2D eigenvalue weighted by atomic mass is 9.78. The number of carboxylic acid groups (broad SMARTS) is 3. The molecule has 1 aliphatic heterocycles. The molecule has 1 aliphatic rings. The molecule has 0 fully saturated rings. The van der Waals surface area contributed by atoms with E-state index < -0.39 is 23.8 Å². The quantitative estimate of drug-likeness (QED) is 0.604. The molecular weight excluding hydrogens is 326 g/mol. The van der Waals surface area contributed by atoms with E-state index >= 15 is 0 Å². The molecule has 130 valence electrons. The number of hydrogen-bond donors (Lipinski definition) is 4. The Morgan fingerprint density at radius 1 is 0.960 bits per heavy atom. The smallest absolute Gasteiger partial charge is 0.334 e. The molecule has 1 heterocycles. The topological polar surface area (TPSA) is 124 Å². The van der Waals surface area contributed by atoms with Crippen LogP contribution in [-0.4, -0.2) is 33.2 Å². The van der Waals surface area contributed by atoms with Gasteiger partial charge in [0.1, 0.15) is 0 Å². The van der Waals surface area contributed by atoms with E-state index in [0.717, 1.165) is 6.08 Å². The molecule has 2 rings (SSSR count). The normalized spacial score (nSPS) is 15.4. The molecule has 1 aromatic carbocycles. The Morgan fingerprint density at radius 2 is 1.48 bits per heavy atom. The number of dihydropyridines is 1. The molecule has 25 heavy (non-hydrogen) atoms. The number of allylic oxidation sites excluding steroid dienone is 2. The van der Waals surface area contributed by atoms with Crippen molar-refractivity contribution in [1.82, 2.24) is 5.32 Å². The third kappa shape index (κ3) is 3.60. The zero-order valence-corrected chi connectivity index (χ0v) is 13.6. The van der Waals surface area contributed by atoms with Gasteiger partial charge in [0.15, 0.2) is 0 Å². The van der Waals surface area contributed by atoms with Crippen LogP contribution >= 0.6 is 0 Å². The largest absolute Gasteiger partial charge is 0.478 e. The first-order chi connectivity index (χ1) is 11.7. The minimum absolute atomic E-state index is 0.0841. The van der Waals surface area contributed by atoms with E-state index in [-0.39, 0.29) is 11.1 Å². The monoisotopic (exact) mass is 343 g/mol. The second kappa shape index (κ2) is 7.04. The first kappa shape index (κ1) is 18.0. The third-order valence-electron chi connectivity index (χ3n) is 3.93. The molecule has 4 N–H and O–H groups in total. The van der Waals surface area contributed by atoms with E-state index in [1.54, 1.807) is 38.1 Å². The zero-order valence-electron chi connectivity index (χ0n) is 13.6. The lowest BCUT2D eigenvalue weighted by Crippen LogP contribution is -2.31. The minimum atomic E-state index is -1.24. The third-order valence-corrected chi connectivity index (χ3v) is 3.93. The standard InChI is InChI=1S/C18H17NO6/c1-9-14(17(22)23)16(15(18(24)25)10(2)19-9)12-6-4-3-5-11(12)7-8-13(20)21/h3-8,16,19H,1-2H3,(H,20,21)(H,22,23)(H,24,25)/b8-7+. The van der Waals surface area contributed by atoms with E-state index in [4.69, 9.17) is 5.11 Å². The summed E-state index contributed by atoms with van der Waals surface area (Å²) in [4.78, 5) is 34.4. The Kier molecular flexibility index (Phi) is 5.07. The van der Waals surface area contributed by atoms with Crippen molar-refractivity contribution in [2.45, 2.75) is 19.8 Å². The van der Waals surface area contributed by atoms with Crippen LogP contribution in [-0.2, 0) is 14.4 Å². The van der Waals surface area contributed by atoms with Crippen LogP contribution in [0, 0.1) is 0 Å². The van der Waals surface area contributed by atoms with Gasteiger partial charge in [0.25, 0.3) is 0 Å². The maximum atomic E-state index is 11.8. The van der Waals surface area contributed by atoms with E-state index in [1.807, 2.05) is 0 Å². The fraction of sp³-hybridized carbons (Fsp3) is 0.167. The molecule has 7 heteroatoms. The van der Waals surface area contributed by atoms with Crippen LogP contribution in [0.4, 0.5) is 0 Å². The maximum Gasteiger partial charge on any atom is 0.334 e. The summed E-state index contributed by atoms with van der Waals surface area (Å²) >= 11 is 0. The fourth-order valence-corrected chi connectivity index (χ4v) is 2.96. The molecule has 0 atom stereocenters. The fourth-order valence-electron chi connectivity index (χ4n) is 2.96. The number of hydrogen-bond acceptors (Lipinski definition) is 4. The summed E-state index contributed by atoms with van der Waals surface area (Å²) < 4.78 is 0. The Hall–Kier alpha value is -3.35. The van der Waals surface area contributed by atoms with Crippen molar-refractivity contribution in [2.24, 2.45) is 0 Å². The summed E-state index contributed by atoms with van der Waals surface area (Å²) in [6, 6.07) is 6.53. The average Bonchev–Trinajstić information content (AvgIpc) is 2.51. The first-order valence-electron chi connectivity index (χ1n) is 7.39. The van der Waals surface area contributed by atoms with Crippen molar-refractivity contribution in [3.05, 3.63) is 64.0 Å². The van der Waals surface area contributed by atoms with Gasteiger partial charge in [-0.1, -0.05) is 24.3 Å². The number of benzene rings is 1. The summed E-state index contributed by atoms with van der Waals surface area (Å²) in [6.07, 6.45) is 2.25. The summed E-state index contributed by atoms with van der Waals surface area (Å²) in [5, 5.41) is 30.9. The van der Waals surface area contributed by atoms with Crippen molar-refractivity contribution >= 4 is 24.0 Å². The second-order valence-electron chi connectivity index (χ2n) is 5.55. The molecule has 0 aliphatic carbocycles. The van der Waals surface area contributed by atoms with Gasteiger partial charge in [-0.3, -0.25) is 0 Å². The van der Waals surface area contributed by atoms with Crippen LogP contribution in [0.1, 0.15) is 30.9 Å². The van der Waals surface area contributed by atoms with Crippen molar-refractivity contribution < 1.29 is 29.7 Å². The molecule has 0 saturated carbocycles. The molecular formula is C18H17NO6. The van der Waals surface area contributed by atoms with E-state index in [0.29, 0.717) is 22.5 Å². The molecule has 0 unspecified atom stereocenters. The van der Waals surface area contributed by atoms with Crippen molar-refractivity contribution in [2.75, 3.05) is 0 Å². The molecule has 0 radical (unpaired) electrons. The highest BCUT2D eigenvalue weighted by Crippen LogP contribution is 2.39. The Bertz CT molecular complexity index is 811. The van der Waals surface area contributed by atoms with Gasteiger partial charge < -0.3 is 20.6 Å². The Morgan fingerprint density at radius 3 is 1.96 bits per heavy atom. The van der Waals surface area contributed by atoms with Crippen LogP contribution in [0.5, 0.6) is 0 Å². The Balaban J connectivity index is 2.75. The van der Waals surface area contributed by atoms with Crippen LogP contribution in [0.25, 0.3) is 6.08 Å². The predicted molar refractivity (Wildman–Crippen MR) is 89.7 cm³/mol. The maximum absolute atomic E-state index is 11.8. The second-order valence-corrected chi connectivity index (χ2v) is 5.55. The molecule has 0 amide bonds. The van der Waals surface area contributed by atoms with Crippen LogP contribution in [0.15, 0.2) is 52.9 Å². The van der Waals surface area contributed by atoms with Gasteiger partial charge in [-0.2, -0.15) is 0 Å². The lowest BCUT2D eigenvalue weighted by molar-refractivity contribution is -0.134. The number of carbonyl (C=O) groups is 3. The SMILES string of the molecule is CC1=C(C(=O)O)C(c2ccccc2/C=C/C(=O)O)C(C(=O)O)=C(C)N1. The number of carboxylic acids is 3. The summed E-state index contributed by atoms with van der Waals surface area (Å²) in [5.41, 5.74) is 1.37. The van der Waals surface area contributed by atoms with E-state index in [1.165, 1.54) is 6.08 Å². The summed E-state index contributed by atoms with van der Waals surface area (Å²) in [6.45, 7) is 3.13.